The van der Waals surface area contributed by atoms with E-state index in [4.69, 9.17) is 27.9 Å². The zero-order valence-corrected chi connectivity index (χ0v) is 8.12. The summed E-state index contributed by atoms with van der Waals surface area (Å²) in [4.78, 5) is 0. The molecule has 1 rings (SSSR count). The zero-order valence-electron chi connectivity index (χ0n) is 7.37. The summed E-state index contributed by atoms with van der Waals surface area (Å²) in [6.45, 7) is 0. The fraction of sp³-hybridized carbons (Fsp3) is 0.200. The number of nitrogens with two attached hydrogens (primary N) is 1. The summed E-state index contributed by atoms with van der Waals surface area (Å²) < 4.78 is 0. The van der Waals surface area contributed by atoms with Crippen molar-refractivity contribution in [2.24, 2.45) is 5.73 Å². The van der Waals surface area contributed by atoms with E-state index in [1.807, 2.05) is 12.1 Å². The number of halogens is 1. The van der Waals surface area contributed by atoms with Crippen molar-refractivity contribution in [3.05, 3.63) is 34.3 Å². The van der Waals surface area contributed by atoms with E-state index in [-0.39, 0.29) is 12.5 Å². The minimum Gasteiger partial charge on any atom is -0.323 e. The van der Waals surface area contributed by atoms with Crippen LogP contribution in [0.4, 0.5) is 0 Å². The third kappa shape index (κ3) is 2.23. The average Bonchev–Trinajstić information content (AvgIpc) is 2.17. The van der Waals surface area contributed by atoms with E-state index in [9.17, 15) is 0 Å². The van der Waals surface area contributed by atoms with E-state index in [2.05, 4.69) is 0 Å². The van der Waals surface area contributed by atoms with E-state index >= 15 is 0 Å². The summed E-state index contributed by atoms with van der Waals surface area (Å²) in [5, 5.41) is 17.5. The lowest BCUT2D eigenvalue weighted by molar-refractivity contribution is 0.749. The van der Waals surface area contributed by atoms with Gasteiger partial charge in [0.05, 0.1) is 24.1 Å². The fourth-order valence-electron chi connectivity index (χ4n) is 1.11. The normalized spacial score (nSPS) is 11.4. The van der Waals surface area contributed by atoms with Gasteiger partial charge in [0.2, 0.25) is 0 Å². The Morgan fingerprint density at radius 1 is 1.43 bits per heavy atom. The van der Waals surface area contributed by atoms with Crippen LogP contribution in [0.15, 0.2) is 18.2 Å². The molecule has 0 saturated heterocycles. The highest BCUT2D eigenvalue weighted by molar-refractivity contribution is 6.31. The SMILES string of the molecule is N#CC[C@H](N)c1ccc(C#N)cc1Cl. The lowest BCUT2D eigenvalue weighted by atomic mass is 10.0. The monoisotopic (exact) mass is 205 g/mol. The largest absolute Gasteiger partial charge is 0.323 e. The molecule has 3 nitrogen and oxygen atoms in total. The number of hydrogen-bond donors (Lipinski definition) is 1. The van der Waals surface area contributed by atoms with Crippen LogP contribution in [0.2, 0.25) is 5.02 Å². The van der Waals surface area contributed by atoms with Crippen LogP contribution in [0.3, 0.4) is 0 Å². The predicted octanol–water partition coefficient (Wildman–Crippen LogP) is 2.13. The molecular weight excluding hydrogens is 198 g/mol. The minimum absolute atomic E-state index is 0.214. The molecule has 0 aromatic heterocycles. The molecule has 0 bridgehead atoms. The Bertz CT molecular complexity index is 414. The Balaban J connectivity index is 3.02. The maximum atomic E-state index is 8.60. The molecule has 0 aliphatic rings. The quantitative estimate of drug-likeness (QED) is 0.804. The first kappa shape index (κ1) is 10.5. The van der Waals surface area contributed by atoms with Crippen LogP contribution in [0, 0.1) is 22.7 Å². The molecule has 0 saturated carbocycles. The highest BCUT2D eigenvalue weighted by Gasteiger charge is 2.09. The van der Waals surface area contributed by atoms with E-state index in [0.717, 1.165) is 0 Å². The van der Waals surface area contributed by atoms with Crippen LogP contribution in [-0.4, -0.2) is 0 Å². The number of nitriles is 2. The average molecular weight is 206 g/mol. The van der Waals surface area contributed by atoms with Crippen LogP contribution < -0.4 is 5.73 Å². The maximum absolute atomic E-state index is 8.60. The molecule has 14 heavy (non-hydrogen) atoms. The summed E-state index contributed by atoms with van der Waals surface area (Å²) in [5.41, 5.74) is 6.90. The second-order valence-corrected chi connectivity index (χ2v) is 3.22. The molecule has 0 radical (unpaired) electrons. The van der Waals surface area contributed by atoms with Gasteiger partial charge in [0.15, 0.2) is 0 Å². The molecule has 1 aromatic carbocycles. The Morgan fingerprint density at radius 3 is 2.64 bits per heavy atom. The Labute approximate surface area is 87.3 Å². The van der Waals surface area contributed by atoms with Crippen molar-refractivity contribution in [1.82, 2.24) is 0 Å². The summed E-state index contributed by atoms with van der Waals surface area (Å²) in [6, 6.07) is 8.43. The van der Waals surface area contributed by atoms with Gasteiger partial charge in [-0.1, -0.05) is 17.7 Å². The lowest BCUT2D eigenvalue weighted by Crippen LogP contribution is -2.09. The van der Waals surface area contributed by atoms with E-state index in [0.29, 0.717) is 16.1 Å². The number of hydrogen-bond acceptors (Lipinski definition) is 3. The van der Waals surface area contributed by atoms with Gasteiger partial charge in [-0.3, -0.25) is 0 Å². The van der Waals surface area contributed by atoms with Crippen molar-refractivity contribution >= 4 is 11.6 Å². The number of nitrogens with zero attached hydrogens (tertiary/aromatic N) is 2. The highest BCUT2D eigenvalue weighted by Crippen LogP contribution is 2.24. The first-order valence-corrected chi connectivity index (χ1v) is 4.39. The number of rotatable bonds is 2. The topological polar surface area (TPSA) is 73.6 Å². The van der Waals surface area contributed by atoms with E-state index < -0.39 is 0 Å². The van der Waals surface area contributed by atoms with Gasteiger partial charge >= 0.3 is 0 Å². The molecule has 0 aliphatic heterocycles. The van der Waals surface area contributed by atoms with E-state index in [1.165, 1.54) is 0 Å². The summed E-state index contributed by atoms with van der Waals surface area (Å²) in [7, 11) is 0. The maximum Gasteiger partial charge on any atom is 0.0992 e. The van der Waals surface area contributed by atoms with Crippen molar-refractivity contribution in [1.29, 1.82) is 10.5 Å². The first-order chi connectivity index (χ1) is 6.69. The number of benzene rings is 1. The molecule has 0 aliphatic carbocycles. The van der Waals surface area contributed by atoms with Gasteiger partial charge in [0, 0.05) is 11.1 Å². The van der Waals surface area contributed by atoms with Gasteiger partial charge in [-0.05, 0) is 17.7 Å². The molecule has 4 heteroatoms. The van der Waals surface area contributed by atoms with E-state index in [1.54, 1.807) is 18.2 Å². The first-order valence-electron chi connectivity index (χ1n) is 4.01. The fourth-order valence-corrected chi connectivity index (χ4v) is 1.43. The molecule has 0 heterocycles. The molecule has 0 unspecified atom stereocenters. The van der Waals surface area contributed by atoms with Gasteiger partial charge in [-0.15, -0.1) is 0 Å². The van der Waals surface area contributed by atoms with Crippen molar-refractivity contribution in [2.75, 3.05) is 0 Å². The van der Waals surface area contributed by atoms with Gasteiger partial charge in [-0.25, -0.2) is 0 Å². The molecule has 2 N–H and O–H groups in total. The van der Waals surface area contributed by atoms with Crippen LogP contribution >= 0.6 is 11.6 Å². The summed E-state index contributed by atoms with van der Waals surface area (Å²) >= 11 is 5.90. The van der Waals surface area contributed by atoms with Crippen molar-refractivity contribution in [2.45, 2.75) is 12.5 Å². The lowest BCUT2D eigenvalue weighted by Gasteiger charge is -2.09. The zero-order chi connectivity index (χ0) is 10.6. The Hall–Kier alpha value is -1.55. The van der Waals surface area contributed by atoms with Crippen molar-refractivity contribution < 1.29 is 0 Å². The van der Waals surface area contributed by atoms with Crippen molar-refractivity contribution in [3.63, 3.8) is 0 Å². The third-order valence-electron chi connectivity index (χ3n) is 1.84. The standard InChI is InChI=1S/C10H8ClN3/c11-9-5-7(6-13)1-2-8(9)10(14)3-4-12/h1-2,5,10H,3,14H2/t10-/m0/s1. The Kier molecular flexibility index (Phi) is 3.48. The second-order valence-electron chi connectivity index (χ2n) is 2.82. The molecule has 70 valence electrons. The third-order valence-corrected chi connectivity index (χ3v) is 2.17. The predicted molar refractivity (Wildman–Crippen MR) is 53.3 cm³/mol. The molecule has 0 amide bonds. The van der Waals surface area contributed by atoms with Gasteiger partial charge in [0.1, 0.15) is 0 Å². The molecule has 0 spiro atoms. The summed E-state index contributed by atoms with van der Waals surface area (Å²) in [6.07, 6.45) is 0.214. The smallest absolute Gasteiger partial charge is 0.0992 e. The van der Waals surface area contributed by atoms with Crippen molar-refractivity contribution in [3.8, 4) is 12.1 Å². The Morgan fingerprint density at radius 2 is 2.14 bits per heavy atom. The van der Waals surface area contributed by atoms with Gasteiger partial charge in [-0.2, -0.15) is 10.5 Å². The summed E-state index contributed by atoms with van der Waals surface area (Å²) in [5.74, 6) is 0. The molecule has 0 fully saturated rings. The molecule has 1 atom stereocenters. The second kappa shape index (κ2) is 4.62. The van der Waals surface area contributed by atoms with Crippen LogP contribution in [0.25, 0.3) is 0 Å². The highest BCUT2D eigenvalue weighted by atomic mass is 35.5. The minimum atomic E-state index is -0.389. The molecule has 1 aromatic rings. The van der Waals surface area contributed by atoms with Gasteiger partial charge in [0.25, 0.3) is 0 Å². The van der Waals surface area contributed by atoms with Gasteiger partial charge < -0.3 is 5.73 Å². The van der Waals surface area contributed by atoms with Crippen LogP contribution in [0.5, 0.6) is 0 Å². The van der Waals surface area contributed by atoms with Crippen LogP contribution in [0.1, 0.15) is 23.6 Å². The molecular formula is C10H8ClN3. The van der Waals surface area contributed by atoms with Crippen LogP contribution in [-0.2, 0) is 0 Å².